The summed E-state index contributed by atoms with van der Waals surface area (Å²) < 4.78 is 10.3. The standard InChI is InChI=1S/C14H20Cl2O4/c15-12(16)8-19-13(17)2-1-3-14(18)20-11-7-9-4-5-10(11)6-9/h9-12H,1-8H2. The Morgan fingerprint density at radius 2 is 1.85 bits per heavy atom. The highest BCUT2D eigenvalue weighted by Gasteiger charge is 2.41. The first-order valence-corrected chi connectivity index (χ1v) is 8.05. The number of carbonyl (C=O) groups excluding carboxylic acids is 2. The minimum Gasteiger partial charge on any atom is -0.463 e. The van der Waals surface area contributed by atoms with Gasteiger partial charge in [0.2, 0.25) is 0 Å². The summed E-state index contributed by atoms with van der Waals surface area (Å²) in [5.74, 6) is 0.733. The van der Waals surface area contributed by atoms with E-state index in [9.17, 15) is 9.59 Å². The molecule has 4 nitrogen and oxygen atoms in total. The number of fused-ring (bicyclic) bond motifs is 2. The molecule has 2 aliphatic rings. The third kappa shape index (κ3) is 4.81. The fourth-order valence-electron chi connectivity index (χ4n) is 3.16. The Kier molecular flexibility index (Phi) is 5.97. The van der Waals surface area contributed by atoms with Crippen LogP contribution in [0.4, 0.5) is 0 Å². The van der Waals surface area contributed by atoms with E-state index in [1.165, 1.54) is 19.3 Å². The molecule has 2 bridgehead atoms. The summed E-state index contributed by atoms with van der Waals surface area (Å²) in [6.07, 6.45) is 5.70. The maximum Gasteiger partial charge on any atom is 0.306 e. The molecule has 6 heteroatoms. The normalized spacial score (nSPS) is 27.9. The third-order valence-corrected chi connectivity index (χ3v) is 4.34. The zero-order valence-corrected chi connectivity index (χ0v) is 12.9. The topological polar surface area (TPSA) is 52.6 Å². The fraction of sp³-hybridized carbons (Fsp3) is 0.857. The van der Waals surface area contributed by atoms with Crippen LogP contribution >= 0.6 is 23.2 Å². The monoisotopic (exact) mass is 322 g/mol. The van der Waals surface area contributed by atoms with E-state index in [1.807, 2.05) is 0 Å². The molecule has 3 unspecified atom stereocenters. The van der Waals surface area contributed by atoms with E-state index in [0.717, 1.165) is 12.3 Å². The second kappa shape index (κ2) is 7.51. The number of ether oxygens (including phenoxy) is 2. The largest absolute Gasteiger partial charge is 0.463 e. The number of hydrogen-bond acceptors (Lipinski definition) is 4. The summed E-state index contributed by atoms with van der Waals surface area (Å²) in [7, 11) is 0. The summed E-state index contributed by atoms with van der Waals surface area (Å²) in [4.78, 5) is 22.3. The molecule has 0 aliphatic heterocycles. The summed E-state index contributed by atoms with van der Waals surface area (Å²) in [6, 6.07) is 0. The van der Waals surface area contributed by atoms with Crippen molar-refractivity contribution in [3.63, 3.8) is 0 Å². The molecule has 0 aromatic carbocycles. The number of alkyl halides is 2. The third-order valence-electron chi connectivity index (χ3n) is 4.09. The number of carbonyl (C=O) groups is 2. The van der Waals surface area contributed by atoms with Gasteiger partial charge in [-0.05, 0) is 43.9 Å². The molecule has 2 rings (SSSR count). The van der Waals surface area contributed by atoms with E-state index in [2.05, 4.69) is 0 Å². The first kappa shape index (κ1) is 15.9. The van der Waals surface area contributed by atoms with E-state index < -0.39 is 4.84 Å². The Bertz CT molecular complexity index is 359. The second-order valence-electron chi connectivity index (χ2n) is 5.63. The molecule has 0 aromatic heterocycles. The van der Waals surface area contributed by atoms with Crippen molar-refractivity contribution in [1.29, 1.82) is 0 Å². The molecule has 0 heterocycles. The molecule has 0 radical (unpaired) electrons. The summed E-state index contributed by atoms with van der Waals surface area (Å²) in [6.45, 7) is -0.0163. The van der Waals surface area contributed by atoms with Crippen LogP contribution in [0.1, 0.15) is 44.9 Å². The molecule has 0 spiro atoms. The molecule has 0 N–H and O–H groups in total. The maximum atomic E-state index is 11.7. The van der Waals surface area contributed by atoms with Crippen molar-refractivity contribution in [2.75, 3.05) is 6.61 Å². The van der Waals surface area contributed by atoms with Crippen molar-refractivity contribution in [2.24, 2.45) is 11.8 Å². The lowest BCUT2D eigenvalue weighted by Crippen LogP contribution is -2.24. The van der Waals surface area contributed by atoms with Crippen LogP contribution in [0.3, 0.4) is 0 Å². The number of hydrogen-bond donors (Lipinski definition) is 0. The van der Waals surface area contributed by atoms with Gasteiger partial charge in [-0.1, -0.05) is 0 Å². The molecule has 2 aliphatic carbocycles. The van der Waals surface area contributed by atoms with Gasteiger partial charge in [0, 0.05) is 12.8 Å². The lowest BCUT2D eigenvalue weighted by atomic mass is 9.98. The highest BCUT2D eigenvalue weighted by atomic mass is 35.5. The average molecular weight is 323 g/mol. The van der Waals surface area contributed by atoms with Gasteiger partial charge in [0.15, 0.2) is 0 Å². The quantitative estimate of drug-likeness (QED) is 0.533. The van der Waals surface area contributed by atoms with Gasteiger partial charge in [-0.2, -0.15) is 0 Å². The van der Waals surface area contributed by atoms with E-state index in [0.29, 0.717) is 12.3 Å². The average Bonchev–Trinajstić information content (AvgIpc) is 2.98. The molecule has 0 saturated heterocycles. The highest BCUT2D eigenvalue weighted by Crippen LogP contribution is 2.45. The molecule has 0 aromatic rings. The number of esters is 2. The second-order valence-corrected chi connectivity index (χ2v) is 6.91. The molecule has 2 saturated carbocycles. The van der Waals surface area contributed by atoms with Crippen LogP contribution < -0.4 is 0 Å². The Morgan fingerprint density at radius 3 is 2.45 bits per heavy atom. The number of rotatable bonds is 7. The Morgan fingerprint density at radius 1 is 1.10 bits per heavy atom. The van der Waals surface area contributed by atoms with Crippen molar-refractivity contribution >= 4 is 35.1 Å². The van der Waals surface area contributed by atoms with E-state index in [4.69, 9.17) is 32.7 Å². The molecule has 2 fully saturated rings. The Balaban J connectivity index is 1.55. The van der Waals surface area contributed by atoms with Crippen LogP contribution in [-0.4, -0.2) is 29.5 Å². The first-order valence-electron chi connectivity index (χ1n) is 7.18. The van der Waals surface area contributed by atoms with E-state index in [1.54, 1.807) is 0 Å². The number of halogens is 2. The maximum absolute atomic E-state index is 11.7. The molecule has 0 amide bonds. The zero-order chi connectivity index (χ0) is 14.5. The van der Waals surface area contributed by atoms with Crippen molar-refractivity contribution in [2.45, 2.75) is 55.9 Å². The lowest BCUT2D eigenvalue weighted by Gasteiger charge is -2.21. The highest BCUT2D eigenvalue weighted by molar-refractivity contribution is 6.44. The van der Waals surface area contributed by atoms with Crippen LogP contribution in [-0.2, 0) is 19.1 Å². The van der Waals surface area contributed by atoms with Crippen LogP contribution in [0.15, 0.2) is 0 Å². The van der Waals surface area contributed by atoms with Crippen molar-refractivity contribution < 1.29 is 19.1 Å². The van der Waals surface area contributed by atoms with Crippen molar-refractivity contribution in [3.05, 3.63) is 0 Å². The minimum atomic E-state index is -0.707. The van der Waals surface area contributed by atoms with Gasteiger partial charge in [0.05, 0.1) is 0 Å². The molecule has 20 heavy (non-hydrogen) atoms. The molecular formula is C14H20Cl2O4. The van der Waals surface area contributed by atoms with Crippen LogP contribution in [0.5, 0.6) is 0 Å². The van der Waals surface area contributed by atoms with Gasteiger partial charge in [-0.3, -0.25) is 9.59 Å². The van der Waals surface area contributed by atoms with E-state index >= 15 is 0 Å². The lowest BCUT2D eigenvalue weighted by molar-refractivity contribution is -0.152. The predicted molar refractivity (Wildman–Crippen MR) is 75.6 cm³/mol. The summed E-state index contributed by atoms with van der Waals surface area (Å²) in [5.41, 5.74) is 0. The van der Waals surface area contributed by atoms with Gasteiger partial charge in [-0.25, -0.2) is 0 Å². The Labute approximate surface area is 129 Å². The zero-order valence-electron chi connectivity index (χ0n) is 11.4. The van der Waals surface area contributed by atoms with Crippen LogP contribution in [0.25, 0.3) is 0 Å². The molecule has 114 valence electrons. The molecule has 3 atom stereocenters. The SMILES string of the molecule is O=C(CCCC(=O)OC1CC2CCC1C2)OCC(Cl)Cl. The Hall–Kier alpha value is -0.480. The van der Waals surface area contributed by atoms with Crippen molar-refractivity contribution in [3.8, 4) is 0 Å². The van der Waals surface area contributed by atoms with E-state index in [-0.39, 0.29) is 37.5 Å². The minimum absolute atomic E-state index is 0.0163. The van der Waals surface area contributed by atoms with Gasteiger partial charge in [0.25, 0.3) is 0 Å². The van der Waals surface area contributed by atoms with Crippen molar-refractivity contribution in [1.82, 2.24) is 0 Å². The molecular weight excluding hydrogens is 303 g/mol. The first-order chi connectivity index (χ1) is 9.54. The van der Waals surface area contributed by atoms with Gasteiger partial charge >= 0.3 is 11.9 Å². The van der Waals surface area contributed by atoms with Gasteiger partial charge < -0.3 is 9.47 Å². The predicted octanol–water partition coefficient (Wildman–Crippen LogP) is 3.24. The van der Waals surface area contributed by atoms with Crippen LogP contribution in [0.2, 0.25) is 0 Å². The smallest absolute Gasteiger partial charge is 0.306 e. The summed E-state index contributed by atoms with van der Waals surface area (Å²) >= 11 is 10.9. The van der Waals surface area contributed by atoms with Gasteiger partial charge in [0.1, 0.15) is 17.5 Å². The van der Waals surface area contributed by atoms with Gasteiger partial charge in [-0.15, -0.1) is 23.2 Å². The fourth-order valence-corrected chi connectivity index (χ4v) is 3.29. The van der Waals surface area contributed by atoms with Crippen LogP contribution in [0, 0.1) is 11.8 Å². The summed E-state index contributed by atoms with van der Waals surface area (Å²) in [5, 5.41) is 0.